The van der Waals surface area contributed by atoms with E-state index in [1.165, 1.54) is 12.3 Å². The molecule has 0 spiro atoms. The molecule has 0 aliphatic carbocycles. The third kappa shape index (κ3) is 2.25. The third-order valence-electron chi connectivity index (χ3n) is 1.51. The van der Waals surface area contributed by atoms with E-state index in [0.29, 0.717) is 5.56 Å². The molecule has 0 fully saturated rings. The molecule has 0 saturated heterocycles. The van der Waals surface area contributed by atoms with Gasteiger partial charge >= 0.3 is 0 Å². The SMILES string of the molecule is OCCC(O)c1cncc(F)c1. The van der Waals surface area contributed by atoms with Crippen LogP contribution in [0.15, 0.2) is 18.5 Å². The van der Waals surface area contributed by atoms with E-state index >= 15 is 0 Å². The second kappa shape index (κ2) is 4.13. The topological polar surface area (TPSA) is 53.4 Å². The van der Waals surface area contributed by atoms with Gasteiger partial charge in [-0.2, -0.15) is 0 Å². The molecule has 2 N–H and O–H groups in total. The zero-order valence-electron chi connectivity index (χ0n) is 6.44. The van der Waals surface area contributed by atoms with Gasteiger partial charge in [0.25, 0.3) is 0 Å². The van der Waals surface area contributed by atoms with E-state index in [0.717, 1.165) is 6.20 Å². The lowest BCUT2D eigenvalue weighted by Crippen LogP contribution is -2.01. The number of rotatable bonds is 3. The molecule has 0 radical (unpaired) electrons. The maximum atomic E-state index is 12.5. The number of hydrogen-bond donors (Lipinski definition) is 2. The summed E-state index contributed by atoms with van der Waals surface area (Å²) < 4.78 is 12.5. The normalized spacial score (nSPS) is 12.9. The van der Waals surface area contributed by atoms with Crippen LogP contribution in [0.2, 0.25) is 0 Å². The van der Waals surface area contributed by atoms with E-state index in [1.807, 2.05) is 0 Å². The Hall–Kier alpha value is -1.00. The molecule has 0 aliphatic heterocycles. The molecule has 1 aromatic heterocycles. The summed E-state index contributed by atoms with van der Waals surface area (Å²) in [4.78, 5) is 3.57. The number of aliphatic hydroxyl groups excluding tert-OH is 2. The van der Waals surface area contributed by atoms with Gasteiger partial charge in [0.15, 0.2) is 0 Å². The summed E-state index contributed by atoms with van der Waals surface area (Å²) in [6.07, 6.45) is 1.81. The fraction of sp³-hybridized carbons (Fsp3) is 0.375. The van der Waals surface area contributed by atoms with Crippen LogP contribution in [0.4, 0.5) is 4.39 Å². The summed E-state index contributed by atoms with van der Waals surface area (Å²) >= 11 is 0. The van der Waals surface area contributed by atoms with Gasteiger partial charge in [0.2, 0.25) is 0 Å². The first-order valence-electron chi connectivity index (χ1n) is 3.63. The van der Waals surface area contributed by atoms with Crippen molar-refractivity contribution in [3.8, 4) is 0 Å². The first-order chi connectivity index (χ1) is 5.74. The van der Waals surface area contributed by atoms with Gasteiger partial charge in [0, 0.05) is 24.8 Å². The monoisotopic (exact) mass is 171 g/mol. The Morgan fingerprint density at radius 2 is 2.25 bits per heavy atom. The Kier molecular flexibility index (Phi) is 3.13. The fourth-order valence-corrected chi connectivity index (χ4v) is 0.899. The summed E-state index contributed by atoms with van der Waals surface area (Å²) in [5.74, 6) is -0.482. The van der Waals surface area contributed by atoms with E-state index in [2.05, 4.69) is 4.98 Å². The maximum Gasteiger partial charge on any atom is 0.141 e. The molecule has 4 heteroatoms. The second-order valence-electron chi connectivity index (χ2n) is 2.46. The molecule has 1 unspecified atom stereocenters. The first kappa shape index (κ1) is 9.09. The van der Waals surface area contributed by atoms with Gasteiger partial charge in [0.1, 0.15) is 5.82 Å². The predicted octanol–water partition coefficient (Wildman–Crippen LogP) is 0.637. The van der Waals surface area contributed by atoms with Gasteiger partial charge in [-0.15, -0.1) is 0 Å². The summed E-state index contributed by atoms with van der Waals surface area (Å²) in [6.45, 7) is -0.127. The molecular weight excluding hydrogens is 161 g/mol. The Bertz CT molecular complexity index is 255. The Labute approximate surface area is 69.5 Å². The van der Waals surface area contributed by atoms with Crippen LogP contribution >= 0.6 is 0 Å². The molecule has 12 heavy (non-hydrogen) atoms. The van der Waals surface area contributed by atoms with Crippen molar-refractivity contribution in [1.82, 2.24) is 4.98 Å². The van der Waals surface area contributed by atoms with Gasteiger partial charge in [-0.05, 0) is 6.07 Å². The molecule has 3 nitrogen and oxygen atoms in total. The Morgan fingerprint density at radius 3 is 2.83 bits per heavy atom. The summed E-state index contributed by atoms with van der Waals surface area (Å²) in [6, 6.07) is 1.20. The minimum absolute atomic E-state index is 0.127. The number of nitrogens with zero attached hydrogens (tertiary/aromatic N) is 1. The van der Waals surface area contributed by atoms with Crippen molar-refractivity contribution in [2.24, 2.45) is 0 Å². The molecule has 0 aliphatic rings. The molecule has 0 amide bonds. The molecule has 66 valence electrons. The van der Waals surface area contributed by atoms with Crippen LogP contribution in [-0.4, -0.2) is 21.8 Å². The molecular formula is C8H10FNO2. The number of hydrogen-bond acceptors (Lipinski definition) is 3. The van der Waals surface area contributed by atoms with Crippen LogP contribution in [0.25, 0.3) is 0 Å². The summed E-state index contributed by atoms with van der Waals surface area (Å²) in [7, 11) is 0. The molecule has 0 aromatic carbocycles. The highest BCUT2D eigenvalue weighted by Gasteiger charge is 2.07. The van der Waals surface area contributed by atoms with Gasteiger partial charge in [-0.25, -0.2) is 4.39 Å². The number of aliphatic hydroxyl groups is 2. The van der Waals surface area contributed by atoms with Crippen LogP contribution in [0.5, 0.6) is 0 Å². The Morgan fingerprint density at radius 1 is 1.50 bits per heavy atom. The van der Waals surface area contributed by atoms with Gasteiger partial charge in [-0.1, -0.05) is 0 Å². The second-order valence-corrected chi connectivity index (χ2v) is 2.46. The zero-order chi connectivity index (χ0) is 8.97. The van der Waals surface area contributed by atoms with Crippen molar-refractivity contribution in [2.75, 3.05) is 6.61 Å². The zero-order valence-corrected chi connectivity index (χ0v) is 6.44. The van der Waals surface area contributed by atoms with Crippen molar-refractivity contribution in [3.05, 3.63) is 29.8 Å². The van der Waals surface area contributed by atoms with Crippen molar-refractivity contribution >= 4 is 0 Å². The largest absolute Gasteiger partial charge is 0.396 e. The van der Waals surface area contributed by atoms with Crippen molar-refractivity contribution in [2.45, 2.75) is 12.5 Å². The fourth-order valence-electron chi connectivity index (χ4n) is 0.899. The van der Waals surface area contributed by atoms with Crippen LogP contribution in [0.1, 0.15) is 18.1 Å². The smallest absolute Gasteiger partial charge is 0.141 e. The van der Waals surface area contributed by atoms with Crippen LogP contribution in [0.3, 0.4) is 0 Å². The van der Waals surface area contributed by atoms with Crippen LogP contribution in [0, 0.1) is 5.82 Å². The van der Waals surface area contributed by atoms with E-state index < -0.39 is 11.9 Å². The molecule has 1 aromatic rings. The van der Waals surface area contributed by atoms with E-state index in [-0.39, 0.29) is 13.0 Å². The maximum absolute atomic E-state index is 12.5. The minimum atomic E-state index is -0.835. The van der Waals surface area contributed by atoms with E-state index in [1.54, 1.807) is 0 Å². The highest BCUT2D eigenvalue weighted by atomic mass is 19.1. The lowest BCUT2D eigenvalue weighted by atomic mass is 10.1. The lowest BCUT2D eigenvalue weighted by molar-refractivity contribution is 0.133. The quantitative estimate of drug-likeness (QED) is 0.701. The number of pyridine rings is 1. The molecule has 0 bridgehead atoms. The van der Waals surface area contributed by atoms with Crippen molar-refractivity contribution in [3.63, 3.8) is 0 Å². The number of aromatic nitrogens is 1. The van der Waals surface area contributed by atoms with Gasteiger partial charge in [0.05, 0.1) is 12.3 Å². The third-order valence-corrected chi connectivity index (χ3v) is 1.51. The average molecular weight is 171 g/mol. The van der Waals surface area contributed by atoms with E-state index in [4.69, 9.17) is 5.11 Å². The standard InChI is InChI=1S/C8H10FNO2/c9-7-3-6(4-10-5-7)8(12)1-2-11/h3-5,8,11-12H,1-2H2. The molecule has 1 atom stereocenters. The van der Waals surface area contributed by atoms with Crippen LogP contribution < -0.4 is 0 Å². The van der Waals surface area contributed by atoms with Gasteiger partial charge < -0.3 is 10.2 Å². The summed E-state index contributed by atoms with van der Waals surface area (Å²) in [5, 5.41) is 17.8. The van der Waals surface area contributed by atoms with Gasteiger partial charge in [-0.3, -0.25) is 4.98 Å². The van der Waals surface area contributed by atoms with Crippen molar-refractivity contribution in [1.29, 1.82) is 0 Å². The van der Waals surface area contributed by atoms with E-state index in [9.17, 15) is 9.50 Å². The Balaban J connectivity index is 2.73. The first-order valence-corrected chi connectivity index (χ1v) is 3.63. The highest BCUT2D eigenvalue weighted by molar-refractivity contribution is 5.12. The minimum Gasteiger partial charge on any atom is -0.396 e. The average Bonchev–Trinajstić information content (AvgIpc) is 2.05. The predicted molar refractivity (Wildman–Crippen MR) is 40.9 cm³/mol. The molecule has 1 rings (SSSR count). The molecule has 1 heterocycles. The lowest BCUT2D eigenvalue weighted by Gasteiger charge is -2.07. The highest BCUT2D eigenvalue weighted by Crippen LogP contribution is 2.15. The number of halogens is 1. The summed E-state index contributed by atoms with van der Waals surface area (Å²) in [5.41, 5.74) is 0.393. The molecule has 0 saturated carbocycles. The van der Waals surface area contributed by atoms with Crippen molar-refractivity contribution < 1.29 is 14.6 Å². The van der Waals surface area contributed by atoms with Crippen LogP contribution in [-0.2, 0) is 0 Å².